The number of hydrogen-bond donors (Lipinski definition) is 1. The fourth-order valence-electron chi connectivity index (χ4n) is 3.35. The maximum Gasteiger partial charge on any atom is 0.262 e. The molecule has 0 aliphatic carbocycles. The molecule has 0 unspecified atom stereocenters. The molecule has 7 nitrogen and oxygen atoms in total. The van der Waals surface area contributed by atoms with Gasteiger partial charge in [0.25, 0.3) is 5.92 Å². The van der Waals surface area contributed by atoms with Gasteiger partial charge < -0.3 is 9.88 Å². The van der Waals surface area contributed by atoms with Crippen molar-refractivity contribution in [1.29, 1.82) is 0 Å². The van der Waals surface area contributed by atoms with E-state index in [0.717, 1.165) is 34.9 Å². The number of aromatic nitrogens is 6. The third-order valence-electron chi connectivity index (χ3n) is 4.52. The van der Waals surface area contributed by atoms with Gasteiger partial charge in [0.1, 0.15) is 5.82 Å². The first-order chi connectivity index (χ1) is 13.2. The Hall–Kier alpha value is -3.10. The second kappa shape index (κ2) is 6.50. The highest BCUT2D eigenvalue weighted by Crippen LogP contribution is 2.29. The lowest BCUT2D eigenvalue weighted by atomic mass is 10.1. The molecule has 0 amide bonds. The molecule has 0 aromatic carbocycles. The zero-order valence-electron chi connectivity index (χ0n) is 16.1. The standard InChI is InChI=1S/C19H21F2N7/c1-11(2)28-12(3)25-17-15(28)7-13(8-22-17)14-5-6-27-16(14)9-23-18(26-27)24-10-19(4,20)21/h5-9,11H,10H2,1-4H3,(H,24,26). The summed E-state index contributed by atoms with van der Waals surface area (Å²) in [5, 5.41) is 6.82. The summed E-state index contributed by atoms with van der Waals surface area (Å²) in [7, 11) is 0. The van der Waals surface area contributed by atoms with E-state index in [-0.39, 0.29) is 12.0 Å². The van der Waals surface area contributed by atoms with Gasteiger partial charge in [0, 0.05) is 36.5 Å². The second-order valence-corrected chi connectivity index (χ2v) is 7.25. The van der Waals surface area contributed by atoms with Crippen molar-refractivity contribution in [3.05, 3.63) is 36.5 Å². The maximum absolute atomic E-state index is 13.0. The first-order valence-electron chi connectivity index (χ1n) is 9.04. The van der Waals surface area contributed by atoms with Crippen LogP contribution in [-0.2, 0) is 0 Å². The number of imidazole rings is 1. The van der Waals surface area contributed by atoms with Gasteiger partial charge in [-0.3, -0.25) is 0 Å². The zero-order valence-corrected chi connectivity index (χ0v) is 16.1. The molecule has 4 aromatic rings. The van der Waals surface area contributed by atoms with Gasteiger partial charge in [0.2, 0.25) is 5.95 Å². The molecule has 4 rings (SSSR count). The van der Waals surface area contributed by atoms with E-state index in [2.05, 4.69) is 49.8 Å². The largest absolute Gasteiger partial charge is 0.347 e. The minimum absolute atomic E-state index is 0.151. The van der Waals surface area contributed by atoms with E-state index in [4.69, 9.17) is 0 Å². The number of rotatable bonds is 5. The summed E-state index contributed by atoms with van der Waals surface area (Å²) in [6, 6.07) is 4.23. The summed E-state index contributed by atoms with van der Waals surface area (Å²) in [4.78, 5) is 13.2. The molecule has 0 fully saturated rings. The van der Waals surface area contributed by atoms with Crippen LogP contribution in [-0.4, -0.2) is 41.6 Å². The van der Waals surface area contributed by atoms with Crippen molar-refractivity contribution in [3.8, 4) is 11.1 Å². The van der Waals surface area contributed by atoms with Gasteiger partial charge in [-0.25, -0.2) is 28.2 Å². The van der Waals surface area contributed by atoms with Crippen LogP contribution in [0.4, 0.5) is 14.7 Å². The lowest BCUT2D eigenvalue weighted by molar-refractivity contribution is 0.0365. The predicted molar refractivity (Wildman–Crippen MR) is 104 cm³/mol. The van der Waals surface area contributed by atoms with Crippen LogP contribution in [0, 0.1) is 6.92 Å². The Morgan fingerprint density at radius 1 is 1.18 bits per heavy atom. The molecule has 146 valence electrons. The van der Waals surface area contributed by atoms with Crippen molar-refractivity contribution in [3.63, 3.8) is 0 Å². The summed E-state index contributed by atoms with van der Waals surface area (Å²) in [5.74, 6) is -1.76. The Labute approximate surface area is 160 Å². The van der Waals surface area contributed by atoms with Crippen LogP contribution in [0.15, 0.2) is 30.7 Å². The Balaban J connectivity index is 1.74. The Morgan fingerprint density at radius 3 is 2.68 bits per heavy atom. The van der Waals surface area contributed by atoms with Crippen molar-refractivity contribution in [2.45, 2.75) is 39.7 Å². The Bertz CT molecular complexity index is 1150. The number of alkyl halides is 2. The van der Waals surface area contributed by atoms with Crippen molar-refractivity contribution >= 4 is 22.6 Å². The SMILES string of the molecule is Cc1nc2ncc(-c3ccn4nc(NCC(C)(F)F)ncc34)cc2n1C(C)C. The minimum Gasteiger partial charge on any atom is -0.347 e. The molecule has 0 bridgehead atoms. The molecular formula is C19H21F2N7. The Kier molecular flexibility index (Phi) is 4.24. The van der Waals surface area contributed by atoms with E-state index < -0.39 is 12.5 Å². The molecule has 1 N–H and O–H groups in total. The van der Waals surface area contributed by atoms with E-state index in [1.807, 2.05) is 13.0 Å². The quantitative estimate of drug-likeness (QED) is 0.560. The van der Waals surface area contributed by atoms with Gasteiger partial charge in [0.15, 0.2) is 5.65 Å². The lowest BCUT2D eigenvalue weighted by Gasteiger charge is -2.11. The van der Waals surface area contributed by atoms with E-state index in [9.17, 15) is 8.78 Å². The average Bonchev–Trinajstić information content (AvgIpc) is 3.18. The molecule has 0 spiro atoms. The van der Waals surface area contributed by atoms with Gasteiger partial charge in [-0.15, -0.1) is 5.10 Å². The molecule has 0 atom stereocenters. The molecule has 0 aliphatic rings. The molecule has 0 saturated heterocycles. The molecule has 4 aromatic heterocycles. The summed E-state index contributed by atoms with van der Waals surface area (Å²) >= 11 is 0. The molecule has 0 saturated carbocycles. The van der Waals surface area contributed by atoms with Crippen LogP contribution < -0.4 is 5.32 Å². The van der Waals surface area contributed by atoms with E-state index >= 15 is 0 Å². The van der Waals surface area contributed by atoms with Crippen molar-refractivity contribution in [2.24, 2.45) is 0 Å². The third kappa shape index (κ3) is 3.28. The fraction of sp³-hybridized carbons (Fsp3) is 0.368. The van der Waals surface area contributed by atoms with Gasteiger partial charge >= 0.3 is 0 Å². The number of fused-ring (bicyclic) bond motifs is 2. The number of nitrogens with one attached hydrogen (secondary N) is 1. The van der Waals surface area contributed by atoms with Crippen LogP contribution >= 0.6 is 0 Å². The monoisotopic (exact) mass is 385 g/mol. The first-order valence-corrected chi connectivity index (χ1v) is 9.04. The topological polar surface area (TPSA) is 72.9 Å². The second-order valence-electron chi connectivity index (χ2n) is 7.25. The lowest BCUT2D eigenvalue weighted by Crippen LogP contribution is -2.24. The molecular weight excluding hydrogens is 364 g/mol. The van der Waals surface area contributed by atoms with E-state index in [1.165, 1.54) is 0 Å². The number of aryl methyl sites for hydroxylation is 1. The van der Waals surface area contributed by atoms with E-state index in [1.54, 1.807) is 23.1 Å². The van der Waals surface area contributed by atoms with Crippen LogP contribution in [0.5, 0.6) is 0 Å². The van der Waals surface area contributed by atoms with Gasteiger partial charge in [0.05, 0.1) is 23.8 Å². The smallest absolute Gasteiger partial charge is 0.262 e. The predicted octanol–water partition coefficient (Wildman–Crippen LogP) is 4.10. The van der Waals surface area contributed by atoms with Crippen molar-refractivity contribution in [2.75, 3.05) is 11.9 Å². The van der Waals surface area contributed by atoms with Crippen molar-refractivity contribution < 1.29 is 8.78 Å². The summed E-state index contributed by atoms with van der Waals surface area (Å²) in [5.41, 5.74) is 4.27. The zero-order chi connectivity index (χ0) is 20.1. The van der Waals surface area contributed by atoms with Crippen LogP contribution in [0.1, 0.15) is 32.6 Å². The van der Waals surface area contributed by atoms with Crippen LogP contribution in [0.2, 0.25) is 0 Å². The third-order valence-corrected chi connectivity index (χ3v) is 4.52. The number of pyridine rings is 1. The first kappa shape index (κ1) is 18.3. The highest BCUT2D eigenvalue weighted by atomic mass is 19.3. The minimum atomic E-state index is -2.83. The van der Waals surface area contributed by atoms with Gasteiger partial charge in [-0.05, 0) is 32.9 Å². The molecule has 0 aliphatic heterocycles. The number of anilines is 1. The molecule has 0 radical (unpaired) electrons. The Morgan fingerprint density at radius 2 is 1.96 bits per heavy atom. The van der Waals surface area contributed by atoms with Gasteiger partial charge in [-0.1, -0.05) is 0 Å². The maximum atomic E-state index is 13.0. The van der Waals surface area contributed by atoms with Crippen LogP contribution in [0.3, 0.4) is 0 Å². The average molecular weight is 385 g/mol. The fourth-order valence-corrected chi connectivity index (χ4v) is 3.35. The molecule has 28 heavy (non-hydrogen) atoms. The number of halogens is 2. The highest BCUT2D eigenvalue weighted by molar-refractivity contribution is 5.85. The molecule has 4 heterocycles. The number of nitrogens with zero attached hydrogens (tertiary/aromatic N) is 6. The molecule has 9 heteroatoms. The normalized spacial score (nSPS) is 12.4. The summed E-state index contributed by atoms with van der Waals surface area (Å²) in [6.45, 7) is 6.51. The van der Waals surface area contributed by atoms with E-state index in [0.29, 0.717) is 5.65 Å². The summed E-state index contributed by atoms with van der Waals surface area (Å²) in [6.07, 6.45) is 5.17. The number of hydrogen-bond acceptors (Lipinski definition) is 5. The van der Waals surface area contributed by atoms with Crippen LogP contribution in [0.25, 0.3) is 27.8 Å². The summed E-state index contributed by atoms with van der Waals surface area (Å²) < 4.78 is 29.8. The highest BCUT2D eigenvalue weighted by Gasteiger charge is 2.21. The van der Waals surface area contributed by atoms with Crippen molar-refractivity contribution in [1.82, 2.24) is 29.1 Å². The van der Waals surface area contributed by atoms with Gasteiger partial charge in [-0.2, -0.15) is 0 Å².